The quantitative estimate of drug-likeness (QED) is 0.524. The molecule has 0 unspecified atom stereocenters. The van der Waals surface area contributed by atoms with Gasteiger partial charge in [0.15, 0.2) is 11.0 Å². The number of imidazole rings is 1. The van der Waals surface area contributed by atoms with Crippen molar-refractivity contribution in [3.8, 4) is 17.6 Å². The largest absolute Gasteiger partial charge is 0.290 e. The number of para-hydroxylation sites is 1. The average molecular weight is 391 g/mol. The monoisotopic (exact) mass is 390 g/mol. The van der Waals surface area contributed by atoms with Crippen molar-refractivity contribution in [1.29, 1.82) is 5.26 Å². The van der Waals surface area contributed by atoms with Crippen molar-refractivity contribution < 1.29 is 0 Å². The Bertz CT molecular complexity index is 959. The van der Waals surface area contributed by atoms with Crippen LogP contribution in [0.25, 0.3) is 11.5 Å². The van der Waals surface area contributed by atoms with E-state index in [4.69, 9.17) is 23.2 Å². The molecule has 0 amide bonds. The molecule has 0 fully saturated rings. The molecule has 0 saturated heterocycles. The lowest BCUT2D eigenvalue weighted by Crippen LogP contribution is -2.14. The molecule has 1 N–H and O–H groups in total. The van der Waals surface area contributed by atoms with Gasteiger partial charge < -0.3 is 0 Å². The lowest BCUT2D eigenvalue weighted by molar-refractivity contribution is 0.894. The number of nitriles is 1. The van der Waals surface area contributed by atoms with Crippen molar-refractivity contribution in [2.24, 2.45) is 0 Å². The summed E-state index contributed by atoms with van der Waals surface area (Å²) < 4.78 is 1.69. The zero-order valence-electron chi connectivity index (χ0n) is 13.3. The number of nitrogens with one attached hydrogen (secondary N) is 1. The van der Waals surface area contributed by atoms with E-state index in [9.17, 15) is 5.26 Å². The Hall–Kier alpha value is -2.27. The third-order valence-electron chi connectivity index (χ3n) is 3.41. The van der Waals surface area contributed by atoms with Gasteiger partial charge in [0.05, 0.1) is 39.4 Å². The molecule has 0 aliphatic rings. The van der Waals surface area contributed by atoms with E-state index in [2.05, 4.69) is 26.4 Å². The van der Waals surface area contributed by atoms with E-state index in [0.717, 1.165) is 5.69 Å². The molecule has 0 aliphatic heterocycles. The van der Waals surface area contributed by atoms with Crippen LogP contribution in [0.1, 0.15) is 11.3 Å². The van der Waals surface area contributed by atoms with Gasteiger partial charge in [-0.05, 0) is 25.3 Å². The van der Waals surface area contributed by atoms with Crippen molar-refractivity contribution in [1.82, 2.24) is 19.6 Å². The molecular formula is C16H12Cl2N6S. The molecule has 9 heteroatoms. The Morgan fingerprint density at radius 1 is 1.20 bits per heavy atom. The third kappa shape index (κ3) is 3.42. The van der Waals surface area contributed by atoms with Gasteiger partial charge in [0.25, 0.3) is 0 Å². The number of hydrogen-bond acceptors (Lipinski definition) is 6. The summed E-state index contributed by atoms with van der Waals surface area (Å²) >= 11 is 13.9. The zero-order valence-corrected chi connectivity index (χ0v) is 15.6. The predicted molar refractivity (Wildman–Crippen MR) is 100.0 cm³/mol. The highest BCUT2D eigenvalue weighted by Crippen LogP contribution is 2.31. The summed E-state index contributed by atoms with van der Waals surface area (Å²) in [5.74, 6) is 0.475. The normalized spacial score (nSPS) is 10.5. The maximum Gasteiger partial charge on any atom is 0.187 e. The number of anilines is 1. The van der Waals surface area contributed by atoms with E-state index in [1.165, 1.54) is 18.0 Å². The van der Waals surface area contributed by atoms with Crippen molar-refractivity contribution in [3.05, 3.63) is 51.9 Å². The molecule has 1 aromatic carbocycles. The fraction of sp³-hybridized carbons (Fsp3) is 0.125. The molecular weight excluding hydrogens is 379 g/mol. The minimum atomic E-state index is 0.330. The van der Waals surface area contributed by atoms with Crippen molar-refractivity contribution >= 4 is 40.7 Å². The number of benzene rings is 1. The number of thioether (sulfide) groups is 1. The van der Waals surface area contributed by atoms with Gasteiger partial charge in [-0.15, -0.1) is 0 Å². The van der Waals surface area contributed by atoms with Crippen LogP contribution in [0.2, 0.25) is 10.0 Å². The molecule has 2 heterocycles. The summed E-state index contributed by atoms with van der Waals surface area (Å²) in [6, 6.07) is 7.34. The van der Waals surface area contributed by atoms with E-state index in [-0.39, 0.29) is 0 Å². The van der Waals surface area contributed by atoms with E-state index >= 15 is 0 Å². The molecule has 126 valence electrons. The molecule has 0 spiro atoms. The van der Waals surface area contributed by atoms with Crippen LogP contribution < -0.4 is 5.43 Å². The predicted octanol–water partition coefficient (Wildman–Crippen LogP) is 4.42. The molecule has 3 rings (SSSR count). The second-order valence-corrected chi connectivity index (χ2v) is 6.59. The summed E-state index contributed by atoms with van der Waals surface area (Å²) in [6.45, 7) is 1.87. The Labute approximate surface area is 158 Å². The summed E-state index contributed by atoms with van der Waals surface area (Å²) in [4.78, 5) is 13.0. The number of hydrogen-bond donors (Lipinski definition) is 1. The van der Waals surface area contributed by atoms with Crippen LogP contribution in [0.4, 0.5) is 5.69 Å². The minimum Gasteiger partial charge on any atom is -0.290 e. The maximum absolute atomic E-state index is 9.38. The summed E-state index contributed by atoms with van der Waals surface area (Å²) in [6.07, 6.45) is 5.03. The standard InChI is InChI=1S/C16H12Cl2N6S/c1-9-7-20-15(13-10(6-19)8-21-16(22-13)25-2)24(9)23-14-11(17)4-3-5-12(14)18/h3-5,7-8,23H,1-2H3. The number of rotatable bonds is 4. The Balaban J connectivity index is 2.14. The van der Waals surface area contributed by atoms with Crippen molar-refractivity contribution in [3.63, 3.8) is 0 Å². The summed E-state index contributed by atoms with van der Waals surface area (Å²) in [7, 11) is 0. The second-order valence-electron chi connectivity index (χ2n) is 5.00. The fourth-order valence-corrected chi connectivity index (χ4v) is 3.00. The lowest BCUT2D eigenvalue weighted by Gasteiger charge is -2.15. The van der Waals surface area contributed by atoms with E-state index in [1.54, 1.807) is 29.1 Å². The molecule has 0 radical (unpaired) electrons. The maximum atomic E-state index is 9.38. The highest BCUT2D eigenvalue weighted by Gasteiger charge is 2.18. The van der Waals surface area contributed by atoms with Crippen LogP contribution in [0, 0.1) is 18.3 Å². The van der Waals surface area contributed by atoms with Gasteiger partial charge in [0.2, 0.25) is 0 Å². The van der Waals surface area contributed by atoms with Crippen molar-refractivity contribution in [2.75, 3.05) is 11.7 Å². The minimum absolute atomic E-state index is 0.330. The van der Waals surface area contributed by atoms with Gasteiger partial charge in [-0.1, -0.05) is 41.0 Å². The van der Waals surface area contributed by atoms with Gasteiger partial charge in [-0.25, -0.2) is 19.6 Å². The molecule has 0 atom stereocenters. The van der Waals surface area contributed by atoms with Gasteiger partial charge in [-0.3, -0.25) is 5.43 Å². The molecule has 0 bridgehead atoms. The zero-order chi connectivity index (χ0) is 18.0. The summed E-state index contributed by atoms with van der Waals surface area (Å²) in [5.41, 5.74) is 5.28. The first-order chi connectivity index (χ1) is 12.0. The first-order valence-corrected chi connectivity index (χ1v) is 9.10. The number of aromatic nitrogens is 4. The molecule has 0 saturated carbocycles. The van der Waals surface area contributed by atoms with E-state index in [0.29, 0.717) is 38.0 Å². The Morgan fingerprint density at radius 2 is 1.92 bits per heavy atom. The highest BCUT2D eigenvalue weighted by molar-refractivity contribution is 7.98. The van der Waals surface area contributed by atoms with Crippen LogP contribution in [0.5, 0.6) is 0 Å². The van der Waals surface area contributed by atoms with Gasteiger partial charge in [0.1, 0.15) is 11.8 Å². The van der Waals surface area contributed by atoms with Gasteiger partial charge >= 0.3 is 0 Å². The second kappa shape index (κ2) is 7.31. The number of halogens is 2. The third-order valence-corrected chi connectivity index (χ3v) is 4.60. The van der Waals surface area contributed by atoms with E-state index < -0.39 is 0 Å². The van der Waals surface area contributed by atoms with Gasteiger partial charge in [0, 0.05) is 0 Å². The highest BCUT2D eigenvalue weighted by atomic mass is 35.5. The van der Waals surface area contributed by atoms with Crippen LogP contribution in [-0.2, 0) is 0 Å². The lowest BCUT2D eigenvalue weighted by atomic mass is 10.2. The molecule has 25 heavy (non-hydrogen) atoms. The first kappa shape index (κ1) is 17.5. The van der Waals surface area contributed by atoms with Crippen LogP contribution in [-0.4, -0.2) is 25.9 Å². The van der Waals surface area contributed by atoms with E-state index in [1.807, 2.05) is 13.2 Å². The molecule has 2 aromatic heterocycles. The van der Waals surface area contributed by atoms with Gasteiger partial charge in [-0.2, -0.15) is 5.26 Å². The fourth-order valence-electron chi connectivity index (χ4n) is 2.18. The molecule has 0 aliphatic carbocycles. The first-order valence-electron chi connectivity index (χ1n) is 7.12. The number of nitrogens with zero attached hydrogens (tertiary/aromatic N) is 5. The molecule has 6 nitrogen and oxygen atoms in total. The topological polar surface area (TPSA) is 79.4 Å². The summed E-state index contributed by atoms with van der Waals surface area (Å²) in [5, 5.41) is 10.9. The Kier molecular flexibility index (Phi) is 5.13. The molecule has 3 aromatic rings. The Morgan fingerprint density at radius 3 is 2.56 bits per heavy atom. The smallest absolute Gasteiger partial charge is 0.187 e. The SMILES string of the molecule is CSc1ncc(C#N)c(-c2ncc(C)n2Nc2c(Cl)cccc2Cl)n1. The van der Waals surface area contributed by atoms with Crippen LogP contribution in [0.15, 0.2) is 35.7 Å². The average Bonchev–Trinajstić information content (AvgIpc) is 2.98. The van der Waals surface area contributed by atoms with Crippen molar-refractivity contribution in [2.45, 2.75) is 12.1 Å². The van der Waals surface area contributed by atoms with Crippen LogP contribution >= 0.6 is 35.0 Å². The number of aryl methyl sites for hydroxylation is 1. The van der Waals surface area contributed by atoms with Crippen LogP contribution in [0.3, 0.4) is 0 Å².